The highest BCUT2D eigenvalue weighted by atomic mass is 35.5. The lowest BCUT2D eigenvalue weighted by molar-refractivity contribution is -0.143. The molecule has 1 saturated carbocycles. The van der Waals surface area contributed by atoms with Crippen molar-refractivity contribution in [2.45, 2.75) is 57.5 Å². The van der Waals surface area contributed by atoms with Gasteiger partial charge in [-0.15, -0.1) is 0 Å². The van der Waals surface area contributed by atoms with Crippen LogP contribution in [0.5, 0.6) is 0 Å². The van der Waals surface area contributed by atoms with Crippen LogP contribution in [0.1, 0.15) is 57.1 Å². The van der Waals surface area contributed by atoms with Gasteiger partial charge >= 0.3 is 0 Å². The number of likely N-dealkylation sites (tertiary alicyclic amines) is 1. The molecule has 1 aromatic rings. The van der Waals surface area contributed by atoms with Crippen LogP contribution < -0.4 is 5.32 Å². The van der Waals surface area contributed by atoms with Gasteiger partial charge in [-0.3, -0.25) is 9.59 Å². The highest BCUT2D eigenvalue weighted by Gasteiger charge is 2.41. The highest BCUT2D eigenvalue weighted by molar-refractivity contribution is 6.31. The summed E-state index contributed by atoms with van der Waals surface area (Å²) in [4.78, 5) is 27.1. The molecule has 1 aliphatic carbocycles. The number of rotatable bonds is 4. The molecule has 5 heteroatoms. The summed E-state index contributed by atoms with van der Waals surface area (Å²) in [5, 5.41) is 3.83. The van der Waals surface area contributed by atoms with Gasteiger partial charge in [0.2, 0.25) is 11.8 Å². The third-order valence-corrected chi connectivity index (χ3v) is 5.65. The first-order valence-corrected chi connectivity index (χ1v) is 9.34. The average molecular weight is 349 g/mol. The Morgan fingerprint density at radius 2 is 1.96 bits per heavy atom. The predicted octanol–water partition coefficient (Wildman–Crippen LogP) is 3.70. The number of carbonyl (C=O) groups excluding carboxylic acids is 2. The van der Waals surface area contributed by atoms with Gasteiger partial charge in [0.25, 0.3) is 0 Å². The van der Waals surface area contributed by atoms with Gasteiger partial charge in [0, 0.05) is 24.0 Å². The van der Waals surface area contributed by atoms with Crippen LogP contribution >= 0.6 is 11.6 Å². The van der Waals surface area contributed by atoms with Crippen molar-refractivity contribution < 1.29 is 9.59 Å². The van der Waals surface area contributed by atoms with Crippen molar-refractivity contribution in [3.05, 3.63) is 34.9 Å². The van der Waals surface area contributed by atoms with E-state index in [1.54, 1.807) is 0 Å². The van der Waals surface area contributed by atoms with Crippen molar-refractivity contribution in [2.24, 2.45) is 5.92 Å². The summed E-state index contributed by atoms with van der Waals surface area (Å²) in [6.07, 6.45) is 5.50. The van der Waals surface area contributed by atoms with Gasteiger partial charge in [0.05, 0.1) is 12.0 Å². The lowest BCUT2D eigenvalue weighted by Crippen LogP contribution is -2.49. The zero-order valence-corrected chi connectivity index (χ0v) is 14.9. The number of benzene rings is 1. The Bertz CT molecular complexity index is 613. The Morgan fingerprint density at radius 1 is 1.25 bits per heavy atom. The van der Waals surface area contributed by atoms with Crippen molar-refractivity contribution in [3.8, 4) is 0 Å². The third-order valence-electron chi connectivity index (χ3n) is 5.31. The summed E-state index contributed by atoms with van der Waals surface area (Å²) >= 11 is 6.40. The molecule has 0 spiro atoms. The van der Waals surface area contributed by atoms with E-state index in [-0.39, 0.29) is 29.8 Å². The predicted molar refractivity (Wildman–Crippen MR) is 94.7 cm³/mol. The maximum Gasteiger partial charge on any atom is 0.225 e. The molecule has 1 heterocycles. The standard InChI is InChI=1S/C19H25ClN2O2/c1-2-22-17(23)12-11-15(19(24)21-13-7-3-4-8-13)18(22)14-9-5-6-10-16(14)20/h5-6,9-10,13,15,18H,2-4,7-8,11-12H2,1H3,(H,21,24)/t15-,18+/m1/s1. The first-order valence-electron chi connectivity index (χ1n) is 8.96. The molecule has 0 unspecified atom stereocenters. The van der Waals surface area contributed by atoms with Crippen LogP contribution in [0, 0.1) is 5.92 Å². The van der Waals surface area contributed by atoms with Crippen LogP contribution in [0.2, 0.25) is 5.02 Å². The first-order chi connectivity index (χ1) is 11.6. The van der Waals surface area contributed by atoms with Crippen LogP contribution in [0.3, 0.4) is 0 Å². The van der Waals surface area contributed by atoms with Gasteiger partial charge in [0.15, 0.2) is 0 Å². The van der Waals surface area contributed by atoms with Crippen LogP contribution in [0.4, 0.5) is 0 Å². The average Bonchev–Trinajstić information content (AvgIpc) is 3.08. The van der Waals surface area contributed by atoms with E-state index < -0.39 is 0 Å². The number of hydrogen-bond donors (Lipinski definition) is 1. The van der Waals surface area contributed by atoms with E-state index >= 15 is 0 Å². The molecular formula is C19H25ClN2O2. The molecule has 2 amide bonds. The minimum absolute atomic E-state index is 0.0674. The number of nitrogens with one attached hydrogen (secondary N) is 1. The van der Waals surface area contributed by atoms with Crippen molar-refractivity contribution in [3.63, 3.8) is 0 Å². The van der Waals surface area contributed by atoms with Crippen molar-refractivity contribution in [1.82, 2.24) is 10.2 Å². The topological polar surface area (TPSA) is 49.4 Å². The third kappa shape index (κ3) is 3.44. The van der Waals surface area contributed by atoms with Crippen LogP contribution in [0.25, 0.3) is 0 Å². The largest absolute Gasteiger partial charge is 0.353 e. The van der Waals surface area contributed by atoms with Crippen molar-refractivity contribution in [2.75, 3.05) is 6.54 Å². The molecule has 0 bridgehead atoms. The SMILES string of the molecule is CCN1C(=O)CC[C@@H](C(=O)NC2CCCC2)[C@@H]1c1ccccc1Cl. The molecule has 0 aromatic heterocycles. The molecule has 0 radical (unpaired) electrons. The number of carbonyl (C=O) groups is 2. The fraction of sp³-hybridized carbons (Fsp3) is 0.579. The van der Waals surface area contributed by atoms with Crippen LogP contribution in [-0.4, -0.2) is 29.3 Å². The van der Waals surface area contributed by atoms with E-state index in [9.17, 15) is 9.59 Å². The van der Waals surface area contributed by atoms with E-state index in [0.29, 0.717) is 24.4 Å². The van der Waals surface area contributed by atoms with Gasteiger partial charge in [0.1, 0.15) is 0 Å². The number of nitrogens with zero attached hydrogens (tertiary/aromatic N) is 1. The quantitative estimate of drug-likeness (QED) is 0.902. The molecule has 1 N–H and O–H groups in total. The van der Waals surface area contributed by atoms with E-state index in [0.717, 1.165) is 18.4 Å². The molecule has 24 heavy (non-hydrogen) atoms. The zero-order chi connectivity index (χ0) is 17.1. The Kier molecular flexibility index (Phi) is 5.44. The van der Waals surface area contributed by atoms with Gasteiger partial charge in [-0.1, -0.05) is 42.6 Å². The minimum atomic E-state index is -0.272. The van der Waals surface area contributed by atoms with Gasteiger partial charge in [-0.05, 0) is 37.8 Å². The summed E-state index contributed by atoms with van der Waals surface area (Å²) in [7, 11) is 0. The number of piperidine rings is 1. The van der Waals surface area contributed by atoms with Crippen LogP contribution in [-0.2, 0) is 9.59 Å². The normalized spacial score (nSPS) is 25.1. The molecule has 1 saturated heterocycles. The van der Waals surface area contributed by atoms with Gasteiger partial charge < -0.3 is 10.2 Å². The molecule has 2 aliphatic rings. The smallest absolute Gasteiger partial charge is 0.225 e. The second kappa shape index (κ2) is 7.56. The maximum atomic E-state index is 12.9. The lowest BCUT2D eigenvalue weighted by atomic mass is 9.83. The maximum absolute atomic E-state index is 12.9. The fourth-order valence-corrected chi connectivity index (χ4v) is 4.33. The van der Waals surface area contributed by atoms with Crippen LogP contribution in [0.15, 0.2) is 24.3 Å². The Morgan fingerprint density at radius 3 is 2.62 bits per heavy atom. The van der Waals surface area contributed by atoms with E-state index in [4.69, 9.17) is 11.6 Å². The molecule has 130 valence electrons. The summed E-state index contributed by atoms with van der Waals surface area (Å²) in [6.45, 7) is 2.54. The molecule has 2 atom stereocenters. The Balaban J connectivity index is 1.88. The first kappa shape index (κ1) is 17.3. The summed E-state index contributed by atoms with van der Waals surface area (Å²) in [5.74, 6) is -0.0618. The fourth-order valence-electron chi connectivity index (χ4n) is 4.08. The summed E-state index contributed by atoms with van der Waals surface area (Å²) in [5.41, 5.74) is 0.876. The van der Waals surface area contributed by atoms with Gasteiger partial charge in [-0.2, -0.15) is 0 Å². The second-order valence-corrected chi connectivity index (χ2v) is 7.19. The van der Waals surface area contributed by atoms with Crippen molar-refractivity contribution >= 4 is 23.4 Å². The minimum Gasteiger partial charge on any atom is -0.353 e. The molecule has 1 aliphatic heterocycles. The molecule has 2 fully saturated rings. The second-order valence-electron chi connectivity index (χ2n) is 6.78. The zero-order valence-electron chi connectivity index (χ0n) is 14.1. The Labute approximate surface area is 148 Å². The molecule has 4 nitrogen and oxygen atoms in total. The molecular weight excluding hydrogens is 324 g/mol. The number of halogens is 1. The van der Waals surface area contributed by atoms with Gasteiger partial charge in [-0.25, -0.2) is 0 Å². The lowest BCUT2D eigenvalue weighted by Gasteiger charge is -2.41. The Hall–Kier alpha value is -1.55. The summed E-state index contributed by atoms with van der Waals surface area (Å²) in [6, 6.07) is 7.57. The van der Waals surface area contributed by atoms with E-state index in [1.807, 2.05) is 36.1 Å². The van der Waals surface area contributed by atoms with E-state index in [2.05, 4.69) is 5.32 Å². The van der Waals surface area contributed by atoms with Crippen molar-refractivity contribution in [1.29, 1.82) is 0 Å². The monoisotopic (exact) mass is 348 g/mol. The van der Waals surface area contributed by atoms with E-state index in [1.165, 1.54) is 12.8 Å². The molecule has 3 rings (SSSR count). The molecule has 1 aromatic carbocycles. The summed E-state index contributed by atoms with van der Waals surface area (Å²) < 4.78 is 0. The highest BCUT2D eigenvalue weighted by Crippen LogP contribution is 2.39. The number of hydrogen-bond acceptors (Lipinski definition) is 2. The number of amides is 2.